The molecule has 1 aromatic rings. The second kappa shape index (κ2) is 9.71. The Labute approximate surface area is 195 Å². The number of rotatable bonds is 10. The van der Waals surface area contributed by atoms with Crippen LogP contribution in [-0.2, 0) is 20.9 Å². The summed E-state index contributed by atoms with van der Waals surface area (Å²) in [6, 6.07) is 1.93. The number of carbonyl (C=O) groups is 2. The molecule has 4 fully saturated rings. The summed E-state index contributed by atoms with van der Waals surface area (Å²) >= 11 is 0. The van der Waals surface area contributed by atoms with E-state index in [0.29, 0.717) is 17.8 Å². The number of esters is 1. The Morgan fingerprint density at radius 3 is 2.29 bits per heavy atom. The highest BCUT2D eigenvalue weighted by Crippen LogP contribution is 2.60. The molecule has 1 N–H and O–H groups in total. The molecule has 0 heterocycles. The lowest BCUT2D eigenvalue weighted by Gasteiger charge is -2.55. The van der Waals surface area contributed by atoms with Crippen molar-refractivity contribution in [2.24, 2.45) is 23.2 Å². The van der Waals surface area contributed by atoms with Gasteiger partial charge in [-0.25, -0.2) is 0 Å². The van der Waals surface area contributed by atoms with Gasteiger partial charge in [0.15, 0.2) is 11.5 Å². The highest BCUT2D eigenvalue weighted by molar-refractivity contribution is 5.83. The van der Waals surface area contributed by atoms with Crippen molar-refractivity contribution in [3.63, 3.8) is 0 Å². The van der Waals surface area contributed by atoms with Gasteiger partial charge in [-0.3, -0.25) is 19.7 Å². The molecule has 0 saturated heterocycles. The zero-order valence-electron chi connectivity index (χ0n) is 18.9. The number of hydrogen-bond acceptors (Lipinski definition) is 7. The number of amides is 1. The fourth-order valence-electron chi connectivity index (χ4n) is 6.31. The van der Waals surface area contributed by atoms with E-state index >= 15 is 0 Å². The first-order valence-corrected chi connectivity index (χ1v) is 11.4. The van der Waals surface area contributed by atoms with Gasteiger partial charge in [0, 0.05) is 12.0 Å². The minimum atomic E-state index is -3.19. The molecule has 0 aromatic heterocycles. The number of alkyl halides is 2. The molecular weight excluding hydrogens is 454 g/mol. The number of carbonyl (C=O) groups excluding carboxylic acids is 2. The van der Waals surface area contributed by atoms with Gasteiger partial charge < -0.3 is 19.5 Å². The highest BCUT2D eigenvalue weighted by Gasteiger charge is 2.54. The first kappa shape index (κ1) is 24.2. The molecule has 34 heavy (non-hydrogen) atoms. The quantitative estimate of drug-likeness (QED) is 0.305. The molecule has 9 nitrogen and oxygen atoms in total. The molecule has 0 aliphatic heterocycles. The van der Waals surface area contributed by atoms with Crippen molar-refractivity contribution in [1.82, 2.24) is 5.32 Å². The lowest BCUT2D eigenvalue weighted by Crippen LogP contribution is -2.53. The molecule has 0 unspecified atom stereocenters. The molecule has 5 rings (SSSR count). The molecule has 1 amide bonds. The summed E-state index contributed by atoms with van der Waals surface area (Å²) in [6.07, 6.45) is 6.36. The molecule has 4 saturated carbocycles. The maximum atomic E-state index is 12.9. The zero-order chi connectivity index (χ0) is 24.5. The third kappa shape index (κ3) is 5.07. The van der Waals surface area contributed by atoms with Crippen molar-refractivity contribution in [3.8, 4) is 11.5 Å². The van der Waals surface area contributed by atoms with E-state index in [2.05, 4.69) is 10.1 Å². The normalized spacial score (nSPS) is 26.9. The van der Waals surface area contributed by atoms with Crippen LogP contribution in [0.1, 0.15) is 50.5 Å². The van der Waals surface area contributed by atoms with Gasteiger partial charge in [-0.05, 0) is 62.3 Å². The van der Waals surface area contributed by atoms with Crippen molar-refractivity contribution in [2.45, 2.75) is 58.2 Å². The van der Waals surface area contributed by atoms with E-state index in [1.54, 1.807) is 0 Å². The number of halogens is 2. The average molecular weight is 482 g/mol. The maximum Gasteiger partial charge on any atom is 0.387 e. The number of hydrogen-bond donors (Lipinski definition) is 1. The Balaban J connectivity index is 1.30. The number of nitrogens with zero attached hydrogens (tertiary/aromatic N) is 1. The number of methoxy groups -OCH3 is 1. The average Bonchev–Trinajstić information content (AvgIpc) is 2.76. The molecule has 0 spiro atoms. The number of nitro benzene ring substituents is 1. The Hall–Kier alpha value is -2.98. The topological polar surface area (TPSA) is 117 Å². The lowest BCUT2D eigenvalue weighted by atomic mass is 9.49. The van der Waals surface area contributed by atoms with Gasteiger partial charge >= 0.3 is 12.6 Å². The summed E-state index contributed by atoms with van der Waals surface area (Å²) in [7, 11) is 1.20. The van der Waals surface area contributed by atoms with Crippen LogP contribution in [0.2, 0.25) is 0 Å². The summed E-state index contributed by atoms with van der Waals surface area (Å²) in [4.78, 5) is 35.7. The van der Waals surface area contributed by atoms with Crippen molar-refractivity contribution >= 4 is 17.6 Å². The molecule has 4 aliphatic carbocycles. The lowest BCUT2D eigenvalue weighted by molar-refractivity contribution is -0.386. The predicted molar refractivity (Wildman–Crippen MR) is 114 cm³/mol. The van der Waals surface area contributed by atoms with Crippen LogP contribution in [0.5, 0.6) is 11.5 Å². The molecule has 186 valence electrons. The van der Waals surface area contributed by atoms with Crippen molar-refractivity contribution < 1.29 is 37.5 Å². The van der Waals surface area contributed by atoms with E-state index in [0.717, 1.165) is 31.4 Å². The van der Waals surface area contributed by atoms with E-state index in [1.165, 1.54) is 26.4 Å². The molecule has 4 bridgehead atoms. The summed E-state index contributed by atoms with van der Waals surface area (Å²) in [6.45, 7) is -3.53. The molecule has 11 heteroatoms. The van der Waals surface area contributed by atoms with Crippen LogP contribution in [0.25, 0.3) is 0 Å². The van der Waals surface area contributed by atoms with Crippen LogP contribution in [0.3, 0.4) is 0 Å². The van der Waals surface area contributed by atoms with E-state index in [4.69, 9.17) is 9.47 Å². The van der Waals surface area contributed by atoms with Gasteiger partial charge in [0.1, 0.15) is 6.61 Å². The number of nitro groups is 1. The number of nitrogens with one attached hydrogen (secondary N) is 1. The summed E-state index contributed by atoms with van der Waals surface area (Å²) < 4.78 is 39.5. The van der Waals surface area contributed by atoms with E-state index in [1.807, 2.05) is 0 Å². The van der Waals surface area contributed by atoms with Gasteiger partial charge in [0.2, 0.25) is 5.91 Å². The second-order valence-electron chi connectivity index (χ2n) is 9.63. The van der Waals surface area contributed by atoms with E-state index in [-0.39, 0.29) is 35.6 Å². The smallest absolute Gasteiger partial charge is 0.387 e. The van der Waals surface area contributed by atoms with Gasteiger partial charge in [-0.15, -0.1) is 0 Å². The molecule has 0 radical (unpaired) electrons. The van der Waals surface area contributed by atoms with Gasteiger partial charge in [0.25, 0.3) is 5.69 Å². The standard InChI is InChI=1S/C23H28F2N2O7/c1-32-18-7-16(17(27(30)31)8-19(18)34-22(24)25)12-33-20(28)2-3-26-21(29)23-9-13-4-14(10-23)6-15(5-13)11-23/h7-8,13-15,22H,2-6,9-12H2,1H3,(H,26,29). The van der Waals surface area contributed by atoms with E-state index < -0.39 is 35.5 Å². The molecule has 1 aromatic carbocycles. The minimum absolute atomic E-state index is 0.00870. The summed E-state index contributed by atoms with van der Waals surface area (Å²) in [5.74, 6) is 0.611. The fourth-order valence-corrected chi connectivity index (χ4v) is 6.31. The Morgan fingerprint density at radius 1 is 1.15 bits per heavy atom. The van der Waals surface area contributed by atoms with Crippen LogP contribution in [-0.4, -0.2) is 37.1 Å². The third-order valence-electron chi connectivity index (χ3n) is 7.30. The third-order valence-corrected chi connectivity index (χ3v) is 7.30. The van der Waals surface area contributed by atoms with Crippen LogP contribution < -0.4 is 14.8 Å². The minimum Gasteiger partial charge on any atom is -0.493 e. The SMILES string of the molecule is COc1cc(COC(=O)CCNC(=O)C23CC4CC(CC(C4)C2)C3)c([N+](=O)[O-])cc1OC(F)F. The van der Waals surface area contributed by atoms with Gasteiger partial charge in [-0.2, -0.15) is 8.78 Å². The van der Waals surface area contributed by atoms with Crippen molar-refractivity contribution in [2.75, 3.05) is 13.7 Å². The van der Waals surface area contributed by atoms with Crippen molar-refractivity contribution in [3.05, 3.63) is 27.8 Å². The predicted octanol–water partition coefficient (Wildman–Crippen LogP) is 3.97. The molecular formula is C23H28F2N2O7. The van der Waals surface area contributed by atoms with Gasteiger partial charge in [-0.1, -0.05) is 0 Å². The maximum absolute atomic E-state index is 12.9. The number of benzene rings is 1. The van der Waals surface area contributed by atoms with Crippen LogP contribution in [0.4, 0.5) is 14.5 Å². The van der Waals surface area contributed by atoms with Gasteiger partial charge in [0.05, 0.1) is 30.1 Å². The van der Waals surface area contributed by atoms with Crippen LogP contribution >= 0.6 is 0 Å². The van der Waals surface area contributed by atoms with Crippen molar-refractivity contribution in [1.29, 1.82) is 0 Å². The Bertz CT molecular complexity index is 934. The summed E-state index contributed by atoms with van der Waals surface area (Å²) in [5, 5.41) is 14.2. The van der Waals surface area contributed by atoms with E-state index in [9.17, 15) is 28.5 Å². The monoisotopic (exact) mass is 482 g/mol. The second-order valence-corrected chi connectivity index (χ2v) is 9.63. The molecule has 0 atom stereocenters. The van der Waals surface area contributed by atoms with Crippen LogP contribution in [0.15, 0.2) is 12.1 Å². The molecule has 4 aliphatic rings. The fraction of sp³-hybridized carbons (Fsp3) is 0.652. The largest absolute Gasteiger partial charge is 0.493 e. The van der Waals surface area contributed by atoms with Crippen LogP contribution in [0, 0.1) is 33.3 Å². The first-order valence-electron chi connectivity index (χ1n) is 11.4. The first-order chi connectivity index (χ1) is 16.2. The number of ether oxygens (including phenoxy) is 3. The Kier molecular flexibility index (Phi) is 6.90. The highest BCUT2D eigenvalue weighted by atomic mass is 19.3. The zero-order valence-corrected chi connectivity index (χ0v) is 18.9. The summed E-state index contributed by atoms with van der Waals surface area (Å²) in [5.41, 5.74) is -0.883. The Morgan fingerprint density at radius 2 is 1.76 bits per heavy atom.